The molecule has 2 unspecified atom stereocenters. The van der Waals surface area contributed by atoms with E-state index < -0.39 is 47.5 Å². The van der Waals surface area contributed by atoms with Crippen LogP contribution in [0.1, 0.15) is 18.4 Å². The lowest BCUT2D eigenvalue weighted by Crippen LogP contribution is -2.48. The number of benzene rings is 1. The predicted octanol–water partition coefficient (Wildman–Crippen LogP) is 1.13. The van der Waals surface area contributed by atoms with Crippen molar-refractivity contribution in [1.82, 2.24) is 10.6 Å². The van der Waals surface area contributed by atoms with E-state index in [1.165, 1.54) is 24.3 Å². The first-order chi connectivity index (χ1) is 12.7. The molecule has 1 aromatic rings. The van der Waals surface area contributed by atoms with Gasteiger partial charge in [0, 0.05) is 18.7 Å². The highest BCUT2D eigenvalue weighted by molar-refractivity contribution is 7.99. The minimum Gasteiger partial charge on any atom is -0.481 e. The number of thioether (sulfide) groups is 1. The molecule has 0 heterocycles. The Bertz CT molecular complexity index is 684. The number of hydrogen-bond donors (Lipinski definition) is 5. The Balaban J connectivity index is 2.50. The average molecular weight is 402 g/mol. The number of amides is 2. The summed E-state index contributed by atoms with van der Waals surface area (Å²) in [5.74, 6) is -3.91. The van der Waals surface area contributed by atoms with E-state index in [0.717, 1.165) is 11.8 Å². The topological polar surface area (TPSA) is 153 Å². The average Bonchev–Trinajstić information content (AvgIpc) is 2.59. The van der Waals surface area contributed by atoms with Crippen LogP contribution in [0.15, 0.2) is 24.3 Å². The fraction of sp³-hybridized carbons (Fsp3) is 0.375. The lowest BCUT2D eigenvalue weighted by atomic mass is 10.1. The summed E-state index contributed by atoms with van der Waals surface area (Å²) in [6.07, 6.45) is -0.748. The van der Waals surface area contributed by atoms with Crippen LogP contribution in [-0.2, 0) is 20.1 Å². The second-order valence-electron chi connectivity index (χ2n) is 5.44. The first-order valence-electron chi connectivity index (χ1n) is 7.77. The standard InChI is InChI=1S/C16H19FN2O7S/c17-10-3-1-9(2-4-10)8-27-12(15(24)25)7-18-16(26)19-11(14(22)23)5-6-13(20)21/h1-4,11-12H,5-8H2,(H,20,21)(H,22,23)(H,24,25)(H2,18,19,26). The van der Waals surface area contributed by atoms with Gasteiger partial charge in [-0.25, -0.2) is 14.0 Å². The van der Waals surface area contributed by atoms with Crippen LogP contribution >= 0.6 is 11.8 Å². The monoisotopic (exact) mass is 402 g/mol. The lowest BCUT2D eigenvalue weighted by molar-refractivity contribution is -0.141. The van der Waals surface area contributed by atoms with Gasteiger partial charge in [-0.2, -0.15) is 0 Å². The molecule has 148 valence electrons. The van der Waals surface area contributed by atoms with Gasteiger partial charge in [0.25, 0.3) is 0 Å². The molecule has 0 aromatic heterocycles. The quantitative estimate of drug-likeness (QED) is 0.369. The van der Waals surface area contributed by atoms with Gasteiger partial charge in [0.2, 0.25) is 0 Å². The molecule has 1 aromatic carbocycles. The number of carboxylic acid groups (broad SMARTS) is 3. The summed E-state index contributed by atoms with van der Waals surface area (Å²) in [6.45, 7) is -0.279. The zero-order chi connectivity index (χ0) is 20.4. The number of urea groups is 1. The van der Waals surface area contributed by atoms with Crippen LogP contribution < -0.4 is 10.6 Å². The molecule has 5 N–H and O–H groups in total. The fourth-order valence-electron chi connectivity index (χ4n) is 1.91. The van der Waals surface area contributed by atoms with Crippen LogP contribution in [0.5, 0.6) is 0 Å². The maximum absolute atomic E-state index is 12.9. The number of hydrogen-bond acceptors (Lipinski definition) is 5. The number of carbonyl (C=O) groups excluding carboxylic acids is 1. The molecule has 0 spiro atoms. The van der Waals surface area contributed by atoms with Crippen LogP contribution in [0.4, 0.5) is 9.18 Å². The van der Waals surface area contributed by atoms with E-state index in [1.807, 2.05) is 0 Å². The highest BCUT2D eigenvalue weighted by Gasteiger charge is 2.23. The highest BCUT2D eigenvalue weighted by Crippen LogP contribution is 2.18. The molecule has 0 bridgehead atoms. The number of halogens is 1. The number of aliphatic carboxylic acids is 3. The first kappa shape index (κ1) is 22.2. The Morgan fingerprint density at radius 1 is 1.04 bits per heavy atom. The Kier molecular flexibility index (Phi) is 9.06. The summed E-state index contributed by atoms with van der Waals surface area (Å²) in [5, 5.41) is 30.1. The van der Waals surface area contributed by atoms with Gasteiger partial charge in [0.05, 0.1) is 0 Å². The zero-order valence-corrected chi connectivity index (χ0v) is 14.9. The van der Waals surface area contributed by atoms with Gasteiger partial charge in [-0.05, 0) is 24.1 Å². The van der Waals surface area contributed by atoms with Gasteiger partial charge in [0.1, 0.15) is 17.1 Å². The Morgan fingerprint density at radius 3 is 2.19 bits per heavy atom. The lowest BCUT2D eigenvalue weighted by Gasteiger charge is -2.16. The van der Waals surface area contributed by atoms with Crippen molar-refractivity contribution in [1.29, 1.82) is 0 Å². The van der Waals surface area contributed by atoms with E-state index in [0.29, 0.717) is 5.56 Å². The maximum Gasteiger partial charge on any atom is 0.326 e. The van der Waals surface area contributed by atoms with Gasteiger partial charge in [0.15, 0.2) is 0 Å². The van der Waals surface area contributed by atoms with Crippen molar-refractivity contribution >= 4 is 35.7 Å². The highest BCUT2D eigenvalue weighted by atomic mass is 32.2. The molecule has 0 aliphatic heterocycles. The third kappa shape index (κ3) is 8.90. The molecule has 0 radical (unpaired) electrons. The van der Waals surface area contributed by atoms with Crippen molar-refractivity contribution in [2.24, 2.45) is 0 Å². The van der Waals surface area contributed by atoms with Crippen LogP contribution in [0, 0.1) is 5.82 Å². The third-order valence-electron chi connectivity index (χ3n) is 3.34. The van der Waals surface area contributed by atoms with Gasteiger partial charge in [-0.3, -0.25) is 9.59 Å². The molecular formula is C16H19FN2O7S. The normalized spacial score (nSPS) is 12.6. The second kappa shape index (κ2) is 11.0. The van der Waals surface area contributed by atoms with Gasteiger partial charge < -0.3 is 26.0 Å². The van der Waals surface area contributed by atoms with E-state index in [4.69, 9.17) is 10.2 Å². The van der Waals surface area contributed by atoms with E-state index in [-0.39, 0.29) is 18.7 Å². The molecular weight excluding hydrogens is 383 g/mol. The third-order valence-corrected chi connectivity index (χ3v) is 4.61. The zero-order valence-electron chi connectivity index (χ0n) is 14.1. The molecule has 11 heteroatoms. The predicted molar refractivity (Wildman–Crippen MR) is 93.9 cm³/mol. The number of carboxylic acids is 3. The van der Waals surface area contributed by atoms with Crippen LogP contribution in [0.3, 0.4) is 0 Å². The van der Waals surface area contributed by atoms with Crippen LogP contribution in [0.25, 0.3) is 0 Å². The van der Waals surface area contributed by atoms with Crippen LogP contribution in [-0.4, -0.2) is 57.1 Å². The van der Waals surface area contributed by atoms with Crippen molar-refractivity contribution in [3.63, 3.8) is 0 Å². The minimum absolute atomic E-state index is 0.275. The molecule has 0 fully saturated rings. The molecule has 0 saturated heterocycles. The van der Waals surface area contributed by atoms with Crippen molar-refractivity contribution in [2.45, 2.75) is 29.9 Å². The largest absolute Gasteiger partial charge is 0.481 e. The summed E-state index contributed by atoms with van der Waals surface area (Å²) in [7, 11) is 0. The van der Waals surface area contributed by atoms with E-state index >= 15 is 0 Å². The fourth-order valence-corrected chi connectivity index (χ4v) is 2.84. The summed E-state index contributed by atoms with van der Waals surface area (Å²) < 4.78 is 12.9. The van der Waals surface area contributed by atoms with E-state index in [2.05, 4.69) is 10.6 Å². The molecule has 2 atom stereocenters. The molecule has 2 amide bonds. The number of carbonyl (C=O) groups is 4. The SMILES string of the molecule is O=C(O)CCC(NC(=O)NCC(SCc1ccc(F)cc1)C(=O)O)C(=O)O. The molecule has 0 saturated carbocycles. The molecule has 9 nitrogen and oxygen atoms in total. The Labute approximate surface area is 157 Å². The number of nitrogens with one attached hydrogen (secondary N) is 2. The first-order valence-corrected chi connectivity index (χ1v) is 8.81. The maximum atomic E-state index is 12.9. The number of rotatable bonds is 11. The minimum atomic E-state index is -1.41. The van der Waals surface area contributed by atoms with E-state index in [9.17, 15) is 28.7 Å². The molecule has 0 aliphatic rings. The van der Waals surface area contributed by atoms with Crippen molar-refractivity contribution in [3.8, 4) is 0 Å². The molecule has 0 aliphatic carbocycles. The van der Waals surface area contributed by atoms with Crippen molar-refractivity contribution in [2.75, 3.05) is 6.54 Å². The summed E-state index contributed by atoms with van der Waals surface area (Å²) in [5.41, 5.74) is 0.705. The Morgan fingerprint density at radius 2 is 1.67 bits per heavy atom. The summed E-state index contributed by atoms with van der Waals surface area (Å²) in [4.78, 5) is 44.6. The smallest absolute Gasteiger partial charge is 0.326 e. The van der Waals surface area contributed by atoms with Crippen LogP contribution in [0.2, 0.25) is 0 Å². The van der Waals surface area contributed by atoms with Gasteiger partial charge in [-0.15, -0.1) is 11.8 Å². The second-order valence-corrected chi connectivity index (χ2v) is 6.63. The summed E-state index contributed by atoms with van der Waals surface area (Å²) in [6, 6.07) is 3.21. The Hall–Kier alpha value is -2.82. The van der Waals surface area contributed by atoms with E-state index in [1.54, 1.807) is 0 Å². The van der Waals surface area contributed by atoms with Crippen molar-refractivity contribution < 1.29 is 38.9 Å². The van der Waals surface area contributed by atoms with Gasteiger partial charge >= 0.3 is 23.9 Å². The molecule has 1 rings (SSSR count). The van der Waals surface area contributed by atoms with Crippen molar-refractivity contribution in [3.05, 3.63) is 35.6 Å². The molecule has 27 heavy (non-hydrogen) atoms. The van der Waals surface area contributed by atoms with Gasteiger partial charge in [-0.1, -0.05) is 12.1 Å². The summed E-state index contributed by atoms with van der Waals surface area (Å²) >= 11 is 1.01.